The third kappa shape index (κ3) is 6.06. The first-order valence-corrected chi connectivity index (χ1v) is 8.07. The molecule has 0 radical (unpaired) electrons. The van der Waals surface area contributed by atoms with Crippen LogP contribution in [0.15, 0.2) is 18.2 Å². The molecule has 0 saturated carbocycles. The zero-order valence-corrected chi connectivity index (χ0v) is 13.7. The number of hydrogen-bond donors (Lipinski definition) is 1. The predicted octanol–water partition coefficient (Wildman–Crippen LogP) is 4.55. The Kier molecular flexibility index (Phi) is 8.56. The van der Waals surface area contributed by atoms with Crippen LogP contribution < -0.4 is 5.32 Å². The van der Waals surface area contributed by atoms with Crippen LogP contribution in [0.3, 0.4) is 0 Å². The summed E-state index contributed by atoms with van der Waals surface area (Å²) in [6.45, 7) is 11.3. The minimum Gasteiger partial charge on any atom is -0.379 e. The van der Waals surface area contributed by atoms with Crippen LogP contribution in [-0.4, -0.2) is 19.8 Å². The average molecular weight is 277 g/mol. The van der Waals surface area contributed by atoms with Gasteiger partial charge < -0.3 is 10.1 Å². The molecular formula is C18H31NO. The number of rotatable bonds is 10. The van der Waals surface area contributed by atoms with Crippen LogP contribution in [0.4, 0.5) is 0 Å². The second kappa shape index (κ2) is 9.95. The predicted molar refractivity (Wildman–Crippen MR) is 87.3 cm³/mol. The van der Waals surface area contributed by atoms with Gasteiger partial charge in [0.15, 0.2) is 0 Å². The summed E-state index contributed by atoms with van der Waals surface area (Å²) < 4.78 is 5.86. The molecular weight excluding hydrogens is 246 g/mol. The van der Waals surface area contributed by atoms with Crippen molar-refractivity contribution in [3.63, 3.8) is 0 Å². The number of unbranched alkanes of at least 4 members (excludes halogenated alkanes) is 3. The minimum atomic E-state index is 0.311. The number of hydrogen-bond acceptors (Lipinski definition) is 2. The summed E-state index contributed by atoms with van der Waals surface area (Å²) in [5, 5.41) is 3.52. The Morgan fingerprint density at radius 3 is 2.50 bits per heavy atom. The molecule has 1 unspecified atom stereocenters. The summed E-state index contributed by atoms with van der Waals surface area (Å²) in [4.78, 5) is 0. The van der Waals surface area contributed by atoms with Gasteiger partial charge in [0.2, 0.25) is 0 Å². The Morgan fingerprint density at radius 1 is 1.05 bits per heavy atom. The maximum Gasteiger partial charge on any atom is 0.0661 e. The average Bonchev–Trinajstić information content (AvgIpc) is 2.44. The molecule has 20 heavy (non-hydrogen) atoms. The lowest BCUT2D eigenvalue weighted by Gasteiger charge is -2.19. The van der Waals surface area contributed by atoms with E-state index in [1.165, 1.54) is 42.4 Å². The lowest BCUT2D eigenvalue weighted by molar-refractivity contribution is 0.108. The number of aryl methyl sites for hydroxylation is 2. The standard InChI is InChI=1S/C18H31NO/c1-5-7-8-9-12-20-14-18(19-6-2)17-11-10-15(3)16(4)13-17/h10-11,13,18-19H,5-9,12,14H2,1-4H3. The normalized spacial score (nSPS) is 12.6. The Morgan fingerprint density at radius 2 is 1.85 bits per heavy atom. The Bertz CT molecular complexity index is 376. The molecule has 0 aliphatic rings. The first kappa shape index (κ1) is 17.2. The van der Waals surface area contributed by atoms with E-state index >= 15 is 0 Å². The van der Waals surface area contributed by atoms with Crippen molar-refractivity contribution in [2.75, 3.05) is 19.8 Å². The lowest BCUT2D eigenvalue weighted by Crippen LogP contribution is -2.25. The molecule has 0 aliphatic carbocycles. The number of benzene rings is 1. The first-order chi connectivity index (χ1) is 9.69. The SMILES string of the molecule is CCCCCCOCC(NCC)c1ccc(C)c(C)c1. The Hall–Kier alpha value is -0.860. The van der Waals surface area contributed by atoms with Gasteiger partial charge in [0.25, 0.3) is 0 Å². The summed E-state index contributed by atoms with van der Waals surface area (Å²) in [6, 6.07) is 7.01. The van der Waals surface area contributed by atoms with E-state index in [2.05, 4.69) is 51.2 Å². The zero-order chi connectivity index (χ0) is 14.8. The van der Waals surface area contributed by atoms with Gasteiger partial charge in [-0.05, 0) is 43.5 Å². The van der Waals surface area contributed by atoms with Gasteiger partial charge in [-0.15, -0.1) is 0 Å². The van der Waals surface area contributed by atoms with Crippen molar-refractivity contribution in [2.45, 2.75) is 59.4 Å². The molecule has 0 aliphatic heterocycles. The van der Waals surface area contributed by atoms with Crippen molar-refractivity contribution in [3.8, 4) is 0 Å². The Balaban J connectivity index is 2.45. The summed E-state index contributed by atoms with van der Waals surface area (Å²) in [7, 11) is 0. The van der Waals surface area contributed by atoms with E-state index in [0.717, 1.165) is 19.8 Å². The molecule has 0 amide bonds. The van der Waals surface area contributed by atoms with Gasteiger partial charge in [0.05, 0.1) is 12.6 Å². The fraction of sp³-hybridized carbons (Fsp3) is 0.667. The summed E-state index contributed by atoms with van der Waals surface area (Å²) in [6.07, 6.45) is 5.06. The fourth-order valence-electron chi connectivity index (χ4n) is 2.33. The van der Waals surface area contributed by atoms with E-state index < -0.39 is 0 Å². The highest BCUT2D eigenvalue weighted by molar-refractivity contribution is 5.31. The highest BCUT2D eigenvalue weighted by Crippen LogP contribution is 2.17. The molecule has 0 aromatic heterocycles. The lowest BCUT2D eigenvalue weighted by atomic mass is 10.0. The molecule has 0 fully saturated rings. The maximum absolute atomic E-state index is 5.86. The van der Waals surface area contributed by atoms with Crippen molar-refractivity contribution < 1.29 is 4.74 Å². The molecule has 2 nitrogen and oxygen atoms in total. The van der Waals surface area contributed by atoms with Crippen LogP contribution in [-0.2, 0) is 4.74 Å². The van der Waals surface area contributed by atoms with Crippen molar-refractivity contribution in [2.24, 2.45) is 0 Å². The fourth-order valence-corrected chi connectivity index (χ4v) is 2.33. The number of likely N-dealkylation sites (N-methyl/N-ethyl adjacent to an activating group) is 1. The minimum absolute atomic E-state index is 0.311. The first-order valence-electron chi connectivity index (χ1n) is 8.07. The highest BCUT2D eigenvalue weighted by Gasteiger charge is 2.11. The van der Waals surface area contributed by atoms with E-state index in [4.69, 9.17) is 4.74 Å². The van der Waals surface area contributed by atoms with E-state index in [1.54, 1.807) is 0 Å². The molecule has 0 spiro atoms. The van der Waals surface area contributed by atoms with Crippen LogP contribution in [0.25, 0.3) is 0 Å². The number of nitrogens with one attached hydrogen (secondary N) is 1. The summed E-state index contributed by atoms with van der Waals surface area (Å²) in [5.74, 6) is 0. The van der Waals surface area contributed by atoms with Crippen molar-refractivity contribution in [1.82, 2.24) is 5.32 Å². The molecule has 1 N–H and O–H groups in total. The largest absolute Gasteiger partial charge is 0.379 e. The number of ether oxygens (including phenoxy) is 1. The van der Waals surface area contributed by atoms with Crippen molar-refractivity contribution in [3.05, 3.63) is 34.9 Å². The zero-order valence-electron chi connectivity index (χ0n) is 13.7. The van der Waals surface area contributed by atoms with E-state index in [-0.39, 0.29) is 0 Å². The molecule has 2 heteroatoms. The van der Waals surface area contributed by atoms with Gasteiger partial charge in [-0.2, -0.15) is 0 Å². The summed E-state index contributed by atoms with van der Waals surface area (Å²) >= 11 is 0. The Labute approximate surface area is 124 Å². The van der Waals surface area contributed by atoms with Crippen LogP contribution in [0.1, 0.15) is 62.3 Å². The topological polar surface area (TPSA) is 21.3 Å². The van der Waals surface area contributed by atoms with Gasteiger partial charge in [-0.1, -0.05) is 51.3 Å². The smallest absolute Gasteiger partial charge is 0.0661 e. The summed E-state index contributed by atoms with van der Waals surface area (Å²) in [5.41, 5.74) is 4.04. The highest BCUT2D eigenvalue weighted by atomic mass is 16.5. The second-order valence-electron chi connectivity index (χ2n) is 5.59. The molecule has 0 saturated heterocycles. The maximum atomic E-state index is 5.86. The van der Waals surface area contributed by atoms with Crippen molar-refractivity contribution in [1.29, 1.82) is 0 Å². The molecule has 0 bridgehead atoms. The molecule has 1 aromatic rings. The third-order valence-electron chi connectivity index (χ3n) is 3.81. The van der Waals surface area contributed by atoms with Crippen LogP contribution in [0.5, 0.6) is 0 Å². The molecule has 1 aromatic carbocycles. The molecule has 1 rings (SSSR count). The molecule has 1 atom stereocenters. The van der Waals surface area contributed by atoms with E-state index in [9.17, 15) is 0 Å². The van der Waals surface area contributed by atoms with Crippen molar-refractivity contribution >= 4 is 0 Å². The second-order valence-corrected chi connectivity index (χ2v) is 5.59. The molecule has 114 valence electrons. The van der Waals surface area contributed by atoms with Gasteiger partial charge >= 0.3 is 0 Å². The van der Waals surface area contributed by atoms with E-state index in [1.807, 2.05) is 0 Å². The van der Waals surface area contributed by atoms with Crippen LogP contribution in [0.2, 0.25) is 0 Å². The van der Waals surface area contributed by atoms with Gasteiger partial charge in [-0.25, -0.2) is 0 Å². The monoisotopic (exact) mass is 277 g/mol. The third-order valence-corrected chi connectivity index (χ3v) is 3.81. The van der Waals surface area contributed by atoms with Gasteiger partial charge in [0, 0.05) is 6.61 Å². The van der Waals surface area contributed by atoms with Gasteiger partial charge in [-0.3, -0.25) is 0 Å². The van der Waals surface area contributed by atoms with Gasteiger partial charge in [0.1, 0.15) is 0 Å². The molecule has 0 heterocycles. The van der Waals surface area contributed by atoms with Crippen LogP contribution in [0, 0.1) is 13.8 Å². The van der Waals surface area contributed by atoms with Crippen LogP contribution >= 0.6 is 0 Å². The quantitative estimate of drug-likeness (QED) is 0.633. The van der Waals surface area contributed by atoms with E-state index in [0.29, 0.717) is 6.04 Å².